The maximum Gasteiger partial charge on any atom is 0.573 e. The number of oxime groups is 2. The van der Waals surface area contributed by atoms with Crippen molar-refractivity contribution >= 4 is 17.3 Å². The van der Waals surface area contributed by atoms with Crippen LogP contribution in [0.15, 0.2) is 46.7 Å². The zero-order valence-electron chi connectivity index (χ0n) is 18.7. The Morgan fingerprint density at radius 2 is 1.82 bits per heavy atom. The Kier molecular flexibility index (Phi) is 8.66. The van der Waals surface area contributed by atoms with Crippen molar-refractivity contribution in [3.63, 3.8) is 0 Å². The highest BCUT2D eigenvalue weighted by Crippen LogP contribution is 2.31. The number of hydrogen-bond acceptors (Lipinski definition) is 7. The minimum absolute atomic E-state index is 0.0408. The van der Waals surface area contributed by atoms with Gasteiger partial charge in [-0.2, -0.15) is 0 Å². The molecule has 0 spiro atoms. The number of hydrogen-bond donors (Lipinski definition) is 1. The largest absolute Gasteiger partial charge is 0.573 e. The van der Waals surface area contributed by atoms with Gasteiger partial charge in [0.2, 0.25) is 0 Å². The minimum atomic E-state index is -4.89. The molecular formula is C22H24F3N3O5. The van der Waals surface area contributed by atoms with Crippen molar-refractivity contribution < 1.29 is 37.1 Å². The highest BCUT2D eigenvalue weighted by molar-refractivity contribution is 6.45. The molecule has 8 nitrogen and oxygen atoms in total. The Labute approximate surface area is 188 Å². The summed E-state index contributed by atoms with van der Waals surface area (Å²) in [5.74, 6) is -0.747. The first kappa shape index (κ1) is 25.5. The lowest BCUT2D eigenvalue weighted by Gasteiger charge is -2.15. The van der Waals surface area contributed by atoms with Crippen LogP contribution in [0.1, 0.15) is 29.2 Å². The van der Waals surface area contributed by atoms with Gasteiger partial charge in [0.05, 0.1) is 12.8 Å². The lowest BCUT2D eigenvalue weighted by molar-refractivity contribution is -0.274. The van der Waals surface area contributed by atoms with E-state index in [1.165, 1.54) is 40.3 Å². The van der Waals surface area contributed by atoms with E-state index in [-0.39, 0.29) is 29.3 Å². The SMILES string of the molecule is CNC(=O)/C(=N/OC)c1cccc(C)c1CO/N=C(\C)c1ccc(OC)cc1OC(F)(F)F. The van der Waals surface area contributed by atoms with Crippen molar-refractivity contribution in [1.82, 2.24) is 5.32 Å². The van der Waals surface area contributed by atoms with Gasteiger partial charge < -0.3 is 24.5 Å². The van der Waals surface area contributed by atoms with Gasteiger partial charge in [-0.3, -0.25) is 4.79 Å². The number of aryl methyl sites for hydroxylation is 1. The normalized spacial score (nSPS) is 12.2. The summed E-state index contributed by atoms with van der Waals surface area (Å²) in [5.41, 5.74) is 2.12. The van der Waals surface area contributed by atoms with Crippen molar-refractivity contribution in [3.8, 4) is 11.5 Å². The number of likely N-dealkylation sites (N-methyl/N-ethyl adjacent to an activating group) is 1. The third-order valence-electron chi connectivity index (χ3n) is 4.50. The number of methoxy groups -OCH3 is 1. The molecule has 0 saturated carbocycles. The molecule has 1 amide bonds. The molecule has 2 aromatic rings. The van der Waals surface area contributed by atoms with Crippen molar-refractivity contribution in [3.05, 3.63) is 58.7 Å². The van der Waals surface area contributed by atoms with Gasteiger partial charge >= 0.3 is 6.36 Å². The van der Waals surface area contributed by atoms with Crippen molar-refractivity contribution in [2.75, 3.05) is 21.3 Å². The average molecular weight is 467 g/mol. The molecule has 0 atom stereocenters. The fourth-order valence-electron chi connectivity index (χ4n) is 2.92. The van der Waals surface area contributed by atoms with E-state index in [1.54, 1.807) is 12.1 Å². The predicted octanol–water partition coefficient (Wildman–Crippen LogP) is 3.94. The second-order valence-corrected chi connectivity index (χ2v) is 6.66. The van der Waals surface area contributed by atoms with Crippen LogP contribution in [0.4, 0.5) is 13.2 Å². The van der Waals surface area contributed by atoms with Crippen LogP contribution >= 0.6 is 0 Å². The number of carbonyl (C=O) groups is 1. The molecule has 0 aliphatic heterocycles. The molecule has 2 aromatic carbocycles. The Balaban J connectivity index is 2.34. The van der Waals surface area contributed by atoms with Crippen LogP contribution in [0.25, 0.3) is 0 Å². The number of benzene rings is 2. The van der Waals surface area contributed by atoms with Gasteiger partial charge in [0, 0.05) is 29.8 Å². The molecule has 11 heteroatoms. The van der Waals surface area contributed by atoms with Gasteiger partial charge in [-0.25, -0.2) is 0 Å². The highest BCUT2D eigenvalue weighted by Gasteiger charge is 2.32. The molecule has 0 fully saturated rings. The van der Waals surface area contributed by atoms with Crippen LogP contribution in [0, 0.1) is 6.92 Å². The molecule has 178 valence electrons. The Morgan fingerprint density at radius 3 is 2.42 bits per heavy atom. The molecule has 0 aliphatic carbocycles. The lowest BCUT2D eigenvalue weighted by atomic mass is 9.98. The van der Waals surface area contributed by atoms with Crippen molar-refractivity contribution in [2.45, 2.75) is 26.8 Å². The van der Waals surface area contributed by atoms with Gasteiger partial charge in [-0.05, 0) is 31.5 Å². The summed E-state index contributed by atoms with van der Waals surface area (Å²) < 4.78 is 47.6. The van der Waals surface area contributed by atoms with Gasteiger partial charge in [0.15, 0.2) is 5.71 Å². The first-order valence-corrected chi connectivity index (χ1v) is 9.64. The number of halogens is 3. The summed E-state index contributed by atoms with van der Waals surface area (Å²) in [5, 5.41) is 10.2. The van der Waals surface area contributed by atoms with Crippen molar-refractivity contribution in [1.29, 1.82) is 0 Å². The quantitative estimate of drug-likeness (QED) is 0.446. The van der Waals surface area contributed by atoms with Crippen LogP contribution in [-0.4, -0.2) is 45.0 Å². The molecule has 0 bridgehead atoms. The molecule has 1 N–H and O–H groups in total. The van der Waals surface area contributed by atoms with E-state index in [2.05, 4.69) is 20.4 Å². The molecule has 0 heterocycles. The van der Waals surface area contributed by atoms with Gasteiger partial charge in [0.1, 0.15) is 25.2 Å². The first-order chi connectivity index (χ1) is 15.6. The topological polar surface area (TPSA) is 90.7 Å². The molecule has 0 aromatic heterocycles. The summed E-state index contributed by atoms with van der Waals surface area (Å²) >= 11 is 0. The van der Waals surface area contributed by atoms with E-state index in [0.717, 1.165) is 11.6 Å². The van der Waals surface area contributed by atoms with Gasteiger partial charge in [0.25, 0.3) is 5.91 Å². The summed E-state index contributed by atoms with van der Waals surface area (Å²) in [7, 11) is 4.11. The molecule has 0 aliphatic rings. The summed E-state index contributed by atoms with van der Waals surface area (Å²) in [4.78, 5) is 22.5. The third-order valence-corrected chi connectivity index (χ3v) is 4.50. The van der Waals surface area contributed by atoms with Crippen LogP contribution in [0.3, 0.4) is 0 Å². The first-order valence-electron chi connectivity index (χ1n) is 9.64. The molecule has 0 saturated heterocycles. The number of nitrogens with one attached hydrogen (secondary N) is 1. The monoisotopic (exact) mass is 467 g/mol. The fourth-order valence-corrected chi connectivity index (χ4v) is 2.92. The Morgan fingerprint density at radius 1 is 1.09 bits per heavy atom. The second kappa shape index (κ2) is 11.2. The van der Waals surface area contributed by atoms with Crippen LogP contribution < -0.4 is 14.8 Å². The van der Waals surface area contributed by atoms with Gasteiger partial charge in [-0.1, -0.05) is 28.5 Å². The molecule has 33 heavy (non-hydrogen) atoms. The summed E-state index contributed by atoms with van der Waals surface area (Å²) in [6, 6.07) is 9.21. The Bertz CT molecular complexity index is 1050. The zero-order valence-corrected chi connectivity index (χ0v) is 18.7. The molecule has 0 radical (unpaired) electrons. The lowest BCUT2D eigenvalue weighted by Crippen LogP contribution is -2.29. The number of nitrogens with zero attached hydrogens (tertiary/aromatic N) is 2. The minimum Gasteiger partial charge on any atom is -0.497 e. The van der Waals surface area contributed by atoms with E-state index in [4.69, 9.17) is 14.4 Å². The molecule has 2 rings (SSSR count). The van der Waals surface area contributed by atoms with E-state index in [9.17, 15) is 18.0 Å². The van der Waals surface area contributed by atoms with Crippen LogP contribution in [0.5, 0.6) is 11.5 Å². The number of alkyl halides is 3. The van der Waals surface area contributed by atoms with E-state index < -0.39 is 18.0 Å². The Hall–Kier alpha value is -3.76. The summed E-state index contributed by atoms with van der Waals surface area (Å²) in [6.45, 7) is 3.21. The number of carbonyl (C=O) groups excluding carboxylic acids is 1. The highest BCUT2D eigenvalue weighted by atomic mass is 19.4. The van der Waals surface area contributed by atoms with Crippen molar-refractivity contribution in [2.24, 2.45) is 10.3 Å². The molecule has 0 unspecified atom stereocenters. The van der Waals surface area contributed by atoms with Crippen LogP contribution in [0.2, 0.25) is 0 Å². The number of rotatable bonds is 9. The average Bonchev–Trinajstić information content (AvgIpc) is 2.76. The van der Waals surface area contributed by atoms with Gasteiger partial charge in [-0.15, -0.1) is 13.2 Å². The number of amides is 1. The number of ether oxygens (including phenoxy) is 2. The smallest absolute Gasteiger partial charge is 0.497 e. The van der Waals surface area contributed by atoms with E-state index in [0.29, 0.717) is 11.1 Å². The van der Waals surface area contributed by atoms with Crippen LogP contribution in [-0.2, 0) is 21.1 Å². The standard InChI is InChI=1S/C22H24F3N3O5/c1-13-7-6-8-17(20(28-31-5)21(29)26-3)18(13)12-32-27-14(2)16-10-9-15(30-4)11-19(16)33-22(23,24)25/h6-11H,12H2,1-5H3,(H,26,29)/b27-14+,28-20+. The zero-order chi connectivity index (χ0) is 24.6. The fraction of sp³-hybridized carbons (Fsp3) is 0.318. The summed E-state index contributed by atoms with van der Waals surface area (Å²) in [6.07, 6.45) is -4.89. The second-order valence-electron chi connectivity index (χ2n) is 6.66. The van der Waals surface area contributed by atoms with E-state index >= 15 is 0 Å². The predicted molar refractivity (Wildman–Crippen MR) is 115 cm³/mol. The third kappa shape index (κ3) is 6.86. The van der Waals surface area contributed by atoms with E-state index in [1.807, 2.05) is 13.0 Å². The maximum absolute atomic E-state index is 12.8. The maximum atomic E-state index is 12.8. The molecular weight excluding hydrogens is 443 g/mol.